The Labute approximate surface area is 192 Å². The number of carbonyl (C=O) groups excluding carboxylic acids is 1. The zero-order chi connectivity index (χ0) is 21.1. The molecule has 8 heteroatoms. The summed E-state index contributed by atoms with van der Waals surface area (Å²) in [6, 6.07) is 21.6. The van der Waals surface area contributed by atoms with Crippen LogP contribution in [-0.4, -0.2) is 26.3 Å². The van der Waals surface area contributed by atoms with Crippen molar-refractivity contribution < 1.29 is 4.79 Å². The van der Waals surface area contributed by atoms with Crippen molar-refractivity contribution in [3.8, 4) is 17.1 Å². The van der Waals surface area contributed by atoms with E-state index in [2.05, 4.69) is 10.2 Å². The Balaban J connectivity index is 1.71. The monoisotopic (exact) mass is 473 g/mol. The topological polar surface area (TPSA) is 47.8 Å². The van der Waals surface area contributed by atoms with Gasteiger partial charge in [0.25, 0.3) is 0 Å². The van der Waals surface area contributed by atoms with Crippen LogP contribution in [0, 0.1) is 0 Å². The van der Waals surface area contributed by atoms with Crippen LogP contribution in [0.5, 0.6) is 0 Å². The van der Waals surface area contributed by atoms with Crippen LogP contribution in [0.15, 0.2) is 78.0 Å². The van der Waals surface area contributed by atoms with Crippen LogP contribution in [0.1, 0.15) is 10.4 Å². The van der Waals surface area contributed by atoms with Gasteiger partial charge in [0.1, 0.15) is 0 Å². The third kappa shape index (κ3) is 4.40. The molecule has 1 heterocycles. The van der Waals surface area contributed by atoms with Crippen molar-refractivity contribution in [3.05, 3.63) is 93.4 Å². The summed E-state index contributed by atoms with van der Waals surface area (Å²) in [4.78, 5) is 12.6. The number of carbonyl (C=O) groups is 1. The molecule has 0 aliphatic heterocycles. The lowest BCUT2D eigenvalue weighted by atomic mass is 10.1. The van der Waals surface area contributed by atoms with Crippen LogP contribution < -0.4 is 0 Å². The summed E-state index contributed by atoms with van der Waals surface area (Å²) in [6.45, 7) is 0. The van der Waals surface area contributed by atoms with Crippen LogP contribution >= 0.6 is 46.6 Å². The molecule has 0 saturated carbocycles. The van der Waals surface area contributed by atoms with Crippen LogP contribution in [0.25, 0.3) is 17.1 Å². The molecular formula is C22H14Cl3N3OS. The molecule has 0 aliphatic carbocycles. The first kappa shape index (κ1) is 20.9. The molecule has 3 aromatic carbocycles. The number of thioether (sulfide) groups is 1. The van der Waals surface area contributed by atoms with E-state index in [0.717, 1.165) is 5.56 Å². The van der Waals surface area contributed by atoms with E-state index in [1.54, 1.807) is 36.4 Å². The van der Waals surface area contributed by atoms with Gasteiger partial charge in [-0.15, -0.1) is 10.2 Å². The summed E-state index contributed by atoms with van der Waals surface area (Å²) >= 11 is 20.1. The quantitative estimate of drug-likeness (QED) is 0.226. The first-order valence-electron chi connectivity index (χ1n) is 8.91. The second kappa shape index (κ2) is 9.23. The van der Waals surface area contributed by atoms with Crippen LogP contribution in [0.4, 0.5) is 0 Å². The minimum Gasteiger partial charge on any atom is -0.293 e. The van der Waals surface area contributed by atoms with E-state index in [9.17, 15) is 4.79 Å². The molecule has 30 heavy (non-hydrogen) atoms. The van der Waals surface area contributed by atoms with E-state index >= 15 is 0 Å². The fourth-order valence-corrected chi connectivity index (χ4v) is 4.29. The van der Waals surface area contributed by atoms with Crippen molar-refractivity contribution in [1.82, 2.24) is 14.8 Å². The number of hydrogen-bond donors (Lipinski definition) is 0. The summed E-state index contributed by atoms with van der Waals surface area (Å²) < 4.78 is 1.82. The average Bonchev–Trinajstić information content (AvgIpc) is 3.16. The van der Waals surface area contributed by atoms with Gasteiger partial charge in [0.15, 0.2) is 16.8 Å². The average molecular weight is 475 g/mol. The Bertz CT molecular complexity index is 1210. The van der Waals surface area contributed by atoms with Gasteiger partial charge in [-0.05, 0) is 48.5 Å². The van der Waals surface area contributed by atoms with Gasteiger partial charge in [0, 0.05) is 16.1 Å². The largest absolute Gasteiger partial charge is 0.293 e. The van der Waals surface area contributed by atoms with Gasteiger partial charge in [-0.3, -0.25) is 9.36 Å². The molecule has 0 amide bonds. The van der Waals surface area contributed by atoms with E-state index in [0.29, 0.717) is 37.3 Å². The Morgan fingerprint density at radius 1 is 0.833 bits per heavy atom. The molecule has 0 aliphatic rings. The van der Waals surface area contributed by atoms with Gasteiger partial charge in [-0.1, -0.05) is 70.8 Å². The Morgan fingerprint density at radius 2 is 1.50 bits per heavy atom. The van der Waals surface area contributed by atoms with Gasteiger partial charge in [-0.25, -0.2) is 0 Å². The zero-order valence-electron chi connectivity index (χ0n) is 15.4. The number of nitrogens with zero attached hydrogens (tertiary/aromatic N) is 3. The Morgan fingerprint density at radius 3 is 2.20 bits per heavy atom. The number of hydrogen-bond acceptors (Lipinski definition) is 4. The summed E-state index contributed by atoms with van der Waals surface area (Å²) in [7, 11) is 0. The normalized spacial score (nSPS) is 10.9. The highest BCUT2D eigenvalue weighted by molar-refractivity contribution is 7.99. The number of Topliss-reactive ketones (excluding diaryl/α,β-unsaturated/α-hetero) is 1. The van der Waals surface area contributed by atoms with Crippen molar-refractivity contribution in [2.75, 3.05) is 5.75 Å². The molecule has 4 rings (SSSR count). The maximum atomic E-state index is 12.6. The zero-order valence-corrected chi connectivity index (χ0v) is 18.5. The predicted molar refractivity (Wildman–Crippen MR) is 123 cm³/mol. The lowest BCUT2D eigenvalue weighted by molar-refractivity contribution is 0.102. The highest BCUT2D eigenvalue weighted by atomic mass is 35.5. The molecule has 0 atom stereocenters. The smallest absolute Gasteiger partial charge is 0.196 e. The van der Waals surface area contributed by atoms with Crippen molar-refractivity contribution in [1.29, 1.82) is 0 Å². The van der Waals surface area contributed by atoms with Gasteiger partial charge in [0.2, 0.25) is 0 Å². The number of aromatic nitrogens is 3. The molecule has 1 aromatic heterocycles. The van der Waals surface area contributed by atoms with Gasteiger partial charge < -0.3 is 0 Å². The third-order valence-corrected chi connectivity index (χ3v) is 6.17. The molecule has 4 nitrogen and oxygen atoms in total. The lowest BCUT2D eigenvalue weighted by Crippen LogP contribution is -2.05. The SMILES string of the molecule is O=C(CSc1nnc(-c2ccccc2Cl)n1-c1ccccc1Cl)c1ccc(Cl)cc1. The van der Waals surface area contributed by atoms with Crippen molar-refractivity contribution in [2.24, 2.45) is 0 Å². The maximum absolute atomic E-state index is 12.6. The number of para-hydroxylation sites is 1. The Hall–Kier alpha value is -2.31. The van der Waals surface area contributed by atoms with E-state index < -0.39 is 0 Å². The van der Waals surface area contributed by atoms with Crippen LogP contribution in [0.2, 0.25) is 15.1 Å². The summed E-state index contributed by atoms with van der Waals surface area (Å²) in [6.07, 6.45) is 0. The van der Waals surface area contributed by atoms with Crippen LogP contribution in [-0.2, 0) is 0 Å². The molecule has 0 fully saturated rings. The summed E-state index contributed by atoms with van der Waals surface area (Å²) in [5.74, 6) is 0.701. The fourth-order valence-electron chi connectivity index (χ4n) is 2.88. The highest BCUT2D eigenvalue weighted by Crippen LogP contribution is 2.34. The number of ketones is 1. The van der Waals surface area contributed by atoms with Crippen molar-refractivity contribution in [2.45, 2.75) is 5.16 Å². The molecule has 0 bridgehead atoms. The van der Waals surface area contributed by atoms with E-state index in [1.807, 2.05) is 41.0 Å². The molecule has 0 saturated heterocycles. The molecular weight excluding hydrogens is 461 g/mol. The van der Waals surface area contributed by atoms with E-state index in [1.165, 1.54) is 11.8 Å². The molecule has 0 radical (unpaired) electrons. The number of halogens is 3. The van der Waals surface area contributed by atoms with Gasteiger partial charge in [0.05, 0.1) is 21.5 Å². The van der Waals surface area contributed by atoms with E-state index in [4.69, 9.17) is 34.8 Å². The van der Waals surface area contributed by atoms with Gasteiger partial charge in [-0.2, -0.15) is 0 Å². The minimum atomic E-state index is -0.0373. The fraction of sp³-hybridized carbons (Fsp3) is 0.0455. The second-order valence-electron chi connectivity index (χ2n) is 6.29. The maximum Gasteiger partial charge on any atom is 0.196 e. The minimum absolute atomic E-state index is 0.0373. The lowest BCUT2D eigenvalue weighted by Gasteiger charge is -2.12. The first-order valence-corrected chi connectivity index (χ1v) is 11.0. The molecule has 150 valence electrons. The molecule has 0 unspecified atom stereocenters. The second-order valence-corrected chi connectivity index (χ2v) is 8.48. The standard InChI is InChI=1S/C22H14Cl3N3OS/c23-15-11-9-14(10-12-15)20(29)13-30-22-27-26-21(16-5-1-2-6-17(16)24)28(22)19-8-4-3-7-18(19)25/h1-12H,13H2. The van der Waals surface area contributed by atoms with E-state index in [-0.39, 0.29) is 11.5 Å². The van der Waals surface area contributed by atoms with Crippen molar-refractivity contribution >= 4 is 52.3 Å². The third-order valence-electron chi connectivity index (χ3n) is 4.34. The molecule has 0 N–H and O–H groups in total. The summed E-state index contributed by atoms with van der Waals surface area (Å²) in [5.41, 5.74) is 2.02. The summed E-state index contributed by atoms with van der Waals surface area (Å²) in [5, 5.41) is 10.9. The molecule has 4 aromatic rings. The predicted octanol–water partition coefficient (Wildman–Crippen LogP) is 6.87. The van der Waals surface area contributed by atoms with Crippen LogP contribution in [0.3, 0.4) is 0 Å². The first-order chi connectivity index (χ1) is 14.5. The molecule has 0 spiro atoms. The number of benzene rings is 3. The highest BCUT2D eigenvalue weighted by Gasteiger charge is 2.20. The van der Waals surface area contributed by atoms with Gasteiger partial charge >= 0.3 is 0 Å². The Kier molecular flexibility index (Phi) is 6.44. The van der Waals surface area contributed by atoms with Crippen molar-refractivity contribution in [3.63, 3.8) is 0 Å². The number of rotatable bonds is 6.